The van der Waals surface area contributed by atoms with Gasteiger partial charge in [-0.1, -0.05) is 60.5 Å². The maximum absolute atomic E-state index is 13.0. The van der Waals surface area contributed by atoms with E-state index in [4.69, 9.17) is 37.8 Å². The van der Waals surface area contributed by atoms with Crippen LogP contribution in [0.1, 0.15) is 25.1 Å². The summed E-state index contributed by atoms with van der Waals surface area (Å²) in [5.74, 6) is 0. The standard InChI is InChI=1S/C23H18Cl2F3N3S2.CO2/c1-12(2)32-21-20(14-4-6-16(7-5-14)23(26,27)28)29-22(33-21)31-11-19(13(3)30-31)15-8-17(24)10-18(25)9-15;2-1-3/h4-12H,1-3H3;. The lowest BCUT2D eigenvalue weighted by atomic mass is 10.1. The van der Waals surface area contributed by atoms with Gasteiger partial charge in [-0.2, -0.15) is 27.9 Å². The highest BCUT2D eigenvalue weighted by Crippen LogP contribution is 2.41. The lowest BCUT2D eigenvalue weighted by molar-refractivity contribution is -0.191. The molecule has 0 amide bonds. The zero-order chi connectivity index (χ0) is 26.6. The minimum Gasteiger partial charge on any atom is -0.217 e. The molecule has 0 atom stereocenters. The maximum Gasteiger partial charge on any atom is 0.416 e. The molecule has 188 valence electrons. The zero-order valence-corrected chi connectivity index (χ0v) is 22.2. The van der Waals surface area contributed by atoms with Crippen LogP contribution >= 0.6 is 46.3 Å². The molecule has 2 heterocycles. The summed E-state index contributed by atoms with van der Waals surface area (Å²) in [5, 5.41) is 6.56. The summed E-state index contributed by atoms with van der Waals surface area (Å²) in [5.41, 5.74) is 3.06. The Bertz CT molecular complexity index is 1370. The van der Waals surface area contributed by atoms with Crippen molar-refractivity contribution in [1.29, 1.82) is 0 Å². The largest absolute Gasteiger partial charge is 0.416 e. The van der Waals surface area contributed by atoms with E-state index in [-0.39, 0.29) is 11.4 Å². The lowest BCUT2D eigenvalue weighted by Crippen LogP contribution is -2.04. The van der Waals surface area contributed by atoms with Crippen molar-refractivity contribution in [2.45, 2.75) is 36.4 Å². The minimum atomic E-state index is -4.38. The second-order valence-corrected chi connectivity index (χ2v) is 11.4. The quantitative estimate of drug-likeness (QED) is 0.226. The summed E-state index contributed by atoms with van der Waals surface area (Å²) in [6.45, 7) is 5.99. The van der Waals surface area contributed by atoms with Crippen molar-refractivity contribution in [3.63, 3.8) is 0 Å². The monoisotopic (exact) mass is 571 g/mol. The predicted molar refractivity (Wildman–Crippen MR) is 136 cm³/mol. The number of hydrogen-bond acceptors (Lipinski definition) is 6. The van der Waals surface area contributed by atoms with Crippen LogP contribution in [0.15, 0.2) is 52.9 Å². The fourth-order valence-corrected chi connectivity index (χ4v) is 6.21. The summed E-state index contributed by atoms with van der Waals surface area (Å²) in [6.07, 6.45) is -2.27. The third-order valence-corrected chi connectivity index (χ3v) is 7.38. The van der Waals surface area contributed by atoms with Crippen LogP contribution in [0, 0.1) is 6.92 Å². The van der Waals surface area contributed by atoms with Crippen LogP contribution in [0.2, 0.25) is 10.0 Å². The van der Waals surface area contributed by atoms with Crippen molar-refractivity contribution in [1.82, 2.24) is 14.8 Å². The first kappa shape index (κ1) is 28.0. The molecule has 0 saturated carbocycles. The van der Waals surface area contributed by atoms with E-state index in [1.54, 1.807) is 22.5 Å². The highest BCUT2D eigenvalue weighted by molar-refractivity contribution is 8.01. The second kappa shape index (κ2) is 11.6. The molecule has 0 unspecified atom stereocenters. The zero-order valence-electron chi connectivity index (χ0n) is 19.1. The van der Waals surface area contributed by atoms with Crippen LogP contribution < -0.4 is 0 Å². The Morgan fingerprint density at radius 2 is 1.61 bits per heavy atom. The van der Waals surface area contributed by atoms with Crippen molar-refractivity contribution in [2.75, 3.05) is 0 Å². The van der Waals surface area contributed by atoms with Gasteiger partial charge in [-0.3, -0.25) is 0 Å². The van der Waals surface area contributed by atoms with Gasteiger partial charge in [0.2, 0.25) is 5.13 Å². The average molecular weight is 572 g/mol. The molecule has 0 bridgehead atoms. The van der Waals surface area contributed by atoms with Crippen LogP contribution in [0.4, 0.5) is 13.2 Å². The fourth-order valence-electron chi connectivity index (χ4n) is 3.24. The number of aromatic nitrogens is 3. The van der Waals surface area contributed by atoms with Gasteiger partial charge in [0, 0.05) is 32.6 Å². The van der Waals surface area contributed by atoms with Crippen molar-refractivity contribution >= 4 is 52.5 Å². The molecule has 0 aliphatic heterocycles. The summed E-state index contributed by atoms with van der Waals surface area (Å²) in [7, 11) is 0. The average Bonchev–Trinajstić information content (AvgIpc) is 3.36. The first-order valence-electron chi connectivity index (χ1n) is 10.3. The molecule has 0 radical (unpaired) electrons. The molecule has 0 N–H and O–H groups in total. The smallest absolute Gasteiger partial charge is 0.217 e. The van der Waals surface area contributed by atoms with Gasteiger partial charge in [0.25, 0.3) is 0 Å². The molecule has 0 aliphatic rings. The molecule has 12 heteroatoms. The fraction of sp³-hybridized carbons (Fsp3) is 0.208. The number of thioether (sulfide) groups is 1. The van der Waals surface area contributed by atoms with Gasteiger partial charge in [-0.25, -0.2) is 9.67 Å². The van der Waals surface area contributed by atoms with Gasteiger partial charge in [-0.15, -0.1) is 11.8 Å². The number of rotatable bonds is 5. The molecule has 0 saturated heterocycles. The van der Waals surface area contributed by atoms with Crippen LogP contribution in [-0.2, 0) is 15.8 Å². The molecule has 2 aromatic heterocycles. The van der Waals surface area contributed by atoms with E-state index in [1.807, 2.05) is 25.3 Å². The number of halogens is 5. The Hall–Kier alpha value is -2.62. The van der Waals surface area contributed by atoms with Crippen LogP contribution in [0.25, 0.3) is 27.5 Å². The first-order chi connectivity index (χ1) is 16.9. The van der Waals surface area contributed by atoms with Crippen molar-refractivity contribution in [3.05, 3.63) is 70.0 Å². The van der Waals surface area contributed by atoms with E-state index < -0.39 is 11.7 Å². The summed E-state index contributed by atoms with van der Waals surface area (Å²) < 4.78 is 41.5. The van der Waals surface area contributed by atoms with Gasteiger partial charge in [0.15, 0.2) is 0 Å². The molecule has 0 spiro atoms. The third-order valence-electron chi connectivity index (χ3n) is 4.68. The van der Waals surface area contributed by atoms with Gasteiger partial charge in [-0.05, 0) is 42.8 Å². The van der Waals surface area contributed by atoms with Crippen LogP contribution in [-0.4, -0.2) is 26.2 Å². The molecule has 0 fully saturated rings. The SMILES string of the molecule is Cc1nn(-c2nc(-c3ccc(C(F)(F)F)cc3)c(SC(C)C)s2)cc1-c1cc(Cl)cc(Cl)c1.O=C=O. The second-order valence-electron chi connectivity index (χ2n) is 7.69. The van der Waals surface area contributed by atoms with Gasteiger partial charge >= 0.3 is 12.3 Å². The summed E-state index contributed by atoms with van der Waals surface area (Å²) in [6, 6.07) is 10.4. The summed E-state index contributed by atoms with van der Waals surface area (Å²) in [4.78, 5) is 21.0. The Morgan fingerprint density at radius 1 is 1.03 bits per heavy atom. The Labute approximate surface area is 223 Å². The van der Waals surface area contributed by atoms with Crippen LogP contribution in [0.3, 0.4) is 0 Å². The highest BCUT2D eigenvalue weighted by Gasteiger charge is 2.30. The van der Waals surface area contributed by atoms with Crippen LogP contribution in [0.5, 0.6) is 0 Å². The number of hydrogen-bond donors (Lipinski definition) is 0. The van der Waals surface area contributed by atoms with E-state index in [0.717, 1.165) is 33.2 Å². The third kappa shape index (κ3) is 6.78. The molecule has 4 aromatic rings. The van der Waals surface area contributed by atoms with E-state index in [2.05, 4.69) is 18.9 Å². The Kier molecular flexibility index (Phi) is 9.03. The number of benzene rings is 2. The van der Waals surface area contributed by atoms with Crippen molar-refractivity contribution in [3.8, 4) is 27.5 Å². The molecule has 5 nitrogen and oxygen atoms in total. The molecule has 4 rings (SSSR count). The predicted octanol–water partition coefficient (Wildman–Crippen LogP) is 8.21. The highest BCUT2D eigenvalue weighted by atomic mass is 35.5. The van der Waals surface area contributed by atoms with Gasteiger partial charge in [0.05, 0.1) is 21.2 Å². The lowest BCUT2D eigenvalue weighted by Gasteiger charge is -2.08. The molecular formula is C24H18Cl2F3N3O2S2. The van der Waals surface area contributed by atoms with Crippen molar-refractivity contribution < 1.29 is 22.8 Å². The van der Waals surface area contributed by atoms with Crippen molar-refractivity contribution in [2.24, 2.45) is 0 Å². The molecule has 36 heavy (non-hydrogen) atoms. The normalized spacial score (nSPS) is 11.2. The number of aryl methyl sites for hydroxylation is 1. The summed E-state index contributed by atoms with van der Waals surface area (Å²) >= 11 is 15.4. The topological polar surface area (TPSA) is 64.8 Å². The molecular weight excluding hydrogens is 554 g/mol. The first-order valence-corrected chi connectivity index (χ1v) is 12.8. The number of carbonyl (C=O) groups excluding carboxylic acids is 2. The Balaban J connectivity index is 0.00000115. The number of nitrogens with zero attached hydrogens (tertiary/aromatic N) is 3. The van der Waals surface area contributed by atoms with E-state index in [0.29, 0.717) is 26.4 Å². The van der Waals surface area contributed by atoms with E-state index in [1.165, 1.54) is 23.5 Å². The molecule has 2 aromatic carbocycles. The van der Waals surface area contributed by atoms with Gasteiger partial charge in [0.1, 0.15) is 0 Å². The van der Waals surface area contributed by atoms with E-state index in [9.17, 15) is 13.2 Å². The number of thiazole rings is 1. The Morgan fingerprint density at radius 3 is 2.14 bits per heavy atom. The minimum absolute atomic E-state index is 0.250. The van der Waals surface area contributed by atoms with Gasteiger partial charge < -0.3 is 0 Å². The maximum atomic E-state index is 13.0. The van der Waals surface area contributed by atoms with E-state index >= 15 is 0 Å². The molecule has 0 aliphatic carbocycles. The number of alkyl halides is 3.